The lowest BCUT2D eigenvalue weighted by Crippen LogP contribution is -2.56. The number of benzene rings is 1. The summed E-state index contributed by atoms with van der Waals surface area (Å²) >= 11 is 0. The molecule has 0 saturated carbocycles. The van der Waals surface area contributed by atoms with Crippen molar-refractivity contribution in [3.05, 3.63) is 65.5 Å². The van der Waals surface area contributed by atoms with Gasteiger partial charge in [0.05, 0.1) is 12.2 Å². The predicted molar refractivity (Wildman–Crippen MR) is 115 cm³/mol. The van der Waals surface area contributed by atoms with Gasteiger partial charge in [-0.25, -0.2) is 0 Å². The highest BCUT2D eigenvalue weighted by molar-refractivity contribution is 5.94. The normalized spacial score (nSPS) is 18.9. The summed E-state index contributed by atoms with van der Waals surface area (Å²) in [6, 6.07) is 8.05. The van der Waals surface area contributed by atoms with Crippen molar-refractivity contribution in [2.45, 2.75) is 31.1 Å². The third kappa shape index (κ3) is 5.17. The Kier molecular flexibility index (Phi) is 6.66. The molecule has 2 N–H and O–H groups in total. The molecule has 2 aliphatic rings. The Hall–Kier alpha value is -2.98. The van der Waals surface area contributed by atoms with E-state index in [1.54, 1.807) is 6.20 Å². The second-order valence-corrected chi connectivity index (χ2v) is 8.43. The Morgan fingerprint density at radius 1 is 1.15 bits per heavy atom. The van der Waals surface area contributed by atoms with Crippen LogP contribution in [0.4, 0.5) is 13.2 Å². The van der Waals surface area contributed by atoms with E-state index in [0.717, 1.165) is 17.7 Å². The maximum absolute atomic E-state index is 12.7. The van der Waals surface area contributed by atoms with Crippen LogP contribution < -0.4 is 10.6 Å². The van der Waals surface area contributed by atoms with Gasteiger partial charge in [0.15, 0.2) is 0 Å². The lowest BCUT2D eigenvalue weighted by molar-refractivity contribution is -0.137. The molecule has 0 unspecified atom stereocenters. The number of likely N-dealkylation sites (tertiary alicyclic amines) is 1. The number of aromatic nitrogens is 1. The zero-order chi connectivity index (χ0) is 23.5. The Morgan fingerprint density at radius 3 is 2.52 bits per heavy atom. The van der Waals surface area contributed by atoms with Gasteiger partial charge in [-0.15, -0.1) is 0 Å². The minimum absolute atomic E-state index is 0.0571. The zero-order valence-electron chi connectivity index (χ0n) is 18.1. The highest BCUT2D eigenvalue weighted by Crippen LogP contribution is 2.33. The van der Waals surface area contributed by atoms with Crippen LogP contribution in [0.2, 0.25) is 0 Å². The smallest absolute Gasteiger partial charge is 0.351 e. The maximum atomic E-state index is 12.7. The van der Waals surface area contributed by atoms with Crippen LogP contribution in [0.25, 0.3) is 0 Å². The van der Waals surface area contributed by atoms with E-state index in [2.05, 4.69) is 25.4 Å². The maximum Gasteiger partial charge on any atom is 0.416 e. The van der Waals surface area contributed by atoms with E-state index >= 15 is 0 Å². The van der Waals surface area contributed by atoms with Crippen LogP contribution >= 0.6 is 0 Å². The summed E-state index contributed by atoms with van der Waals surface area (Å²) in [5, 5.41) is 5.73. The van der Waals surface area contributed by atoms with Gasteiger partial charge in [0.25, 0.3) is 5.91 Å². The van der Waals surface area contributed by atoms with E-state index in [9.17, 15) is 22.8 Å². The SMILES string of the molecule is O=C(NCCN1CCC2(CC1)C(=O)NCN2Cc1cccnc1)c1ccc(C(F)(F)F)cc1. The van der Waals surface area contributed by atoms with Crippen molar-refractivity contribution in [3.63, 3.8) is 0 Å². The van der Waals surface area contributed by atoms with Gasteiger partial charge in [-0.1, -0.05) is 6.07 Å². The van der Waals surface area contributed by atoms with Crippen LogP contribution in [0.1, 0.15) is 34.3 Å². The monoisotopic (exact) mass is 461 g/mol. The number of piperidine rings is 1. The molecule has 2 saturated heterocycles. The third-order valence-electron chi connectivity index (χ3n) is 6.43. The van der Waals surface area contributed by atoms with Crippen molar-refractivity contribution in [3.8, 4) is 0 Å². The minimum atomic E-state index is -4.43. The summed E-state index contributed by atoms with van der Waals surface area (Å²) in [6.07, 6.45) is 0.481. The fourth-order valence-electron chi connectivity index (χ4n) is 4.48. The number of hydrogen-bond acceptors (Lipinski definition) is 5. The van der Waals surface area contributed by atoms with Gasteiger partial charge in [-0.3, -0.25) is 19.5 Å². The van der Waals surface area contributed by atoms with Crippen LogP contribution in [0.5, 0.6) is 0 Å². The number of carbonyl (C=O) groups is 2. The fourth-order valence-corrected chi connectivity index (χ4v) is 4.48. The first-order valence-electron chi connectivity index (χ1n) is 10.9. The molecule has 0 bridgehead atoms. The first-order chi connectivity index (χ1) is 15.8. The zero-order valence-corrected chi connectivity index (χ0v) is 18.1. The number of nitrogens with one attached hydrogen (secondary N) is 2. The second kappa shape index (κ2) is 9.48. The van der Waals surface area contributed by atoms with Gasteiger partial charge in [0.2, 0.25) is 5.91 Å². The van der Waals surface area contributed by atoms with Crippen LogP contribution in [0.3, 0.4) is 0 Å². The molecule has 2 aliphatic heterocycles. The first kappa shape index (κ1) is 23.2. The summed E-state index contributed by atoms with van der Waals surface area (Å²) in [5.41, 5.74) is -0.0682. The summed E-state index contributed by atoms with van der Waals surface area (Å²) in [7, 11) is 0. The lowest BCUT2D eigenvalue weighted by atomic mass is 9.86. The molecule has 3 heterocycles. The second-order valence-electron chi connectivity index (χ2n) is 8.43. The molecule has 1 aromatic carbocycles. The molecule has 176 valence electrons. The quantitative estimate of drug-likeness (QED) is 0.690. The molecule has 0 aliphatic carbocycles. The van der Waals surface area contributed by atoms with Gasteiger partial charge >= 0.3 is 6.18 Å². The molecule has 7 nitrogen and oxygen atoms in total. The largest absolute Gasteiger partial charge is 0.416 e. The van der Waals surface area contributed by atoms with Crippen LogP contribution in [0, 0.1) is 0 Å². The number of amides is 2. The fraction of sp³-hybridized carbons (Fsp3) is 0.435. The average Bonchev–Trinajstić information content (AvgIpc) is 3.10. The molecule has 0 atom stereocenters. The number of nitrogens with zero attached hydrogens (tertiary/aromatic N) is 3. The molecule has 10 heteroatoms. The third-order valence-corrected chi connectivity index (χ3v) is 6.43. The Balaban J connectivity index is 1.26. The molecule has 0 radical (unpaired) electrons. The van der Waals surface area contributed by atoms with Crippen molar-refractivity contribution >= 4 is 11.8 Å². The number of halogens is 3. The number of hydrogen-bond donors (Lipinski definition) is 2. The average molecular weight is 461 g/mol. The van der Waals surface area contributed by atoms with Crippen molar-refractivity contribution in [1.82, 2.24) is 25.4 Å². The lowest BCUT2D eigenvalue weighted by Gasteiger charge is -2.42. The predicted octanol–water partition coefficient (Wildman–Crippen LogP) is 2.25. The summed E-state index contributed by atoms with van der Waals surface area (Å²) < 4.78 is 38.0. The van der Waals surface area contributed by atoms with Gasteiger partial charge in [0.1, 0.15) is 5.54 Å². The highest BCUT2D eigenvalue weighted by Gasteiger charge is 2.49. The Bertz CT molecular complexity index is 974. The van der Waals surface area contributed by atoms with Gasteiger partial charge < -0.3 is 15.5 Å². The highest BCUT2D eigenvalue weighted by atomic mass is 19.4. The molecule has 4 rings (SSSR count). The molecule has 2 amide bonds. The van der Waals surface area contributed by atoms with Crippen molar-refractivity contribution in [2.75, 3.05) is 32.8 Å². The van der Waals surface area contributed by atoms with Gasteiger partial charge in [0, 0.05) is 50.7 Å². The molecule has 1 spiro atoms. The van der Waals surface area contributed by atoms with Crippen LogP contribution in [-0.4, -0.2) is 65.0 Å². The molecular formula is C23H26F3N5O2. The van der Waals surface area contributed by atoms with Crippen molar-refractivity contribution in [1.29, 1.82) is 0 Å². The Labute approximate surface area is 190 Å². The molecule has 33 heavy (non-hydrogen) atoms. The van der Waals surface area contributed by atoms with Gasteiger partial charge in [-0.2, -0.15) is 13.2 Å². The first-order valence-corrected chi connectivity index (χ1v) is 10.9. The van der Waals surface area contributed by atoms with E-state index in [-0.39, 0.29) is 11.5 Å². The molecule has 2 aromatic rings. The Morgan fingerprint density at radius 2 is 1.88 bits per heavy atom. The van der Waals surface area contributed by atoms with Crippen molar-refractivity contribution in [2.24, 2.45) is 0 Å². The van der Waals surface area contributed by atoms with E-state index in [1.807, 2.05) is 18.3 Å². The van der Waals surface area contributed by atoms with E-state index in [4.69, 9.17) is 0 Å². The van der Waals surface area contributed by atoms with Crippen LogP contribution in [-0.2, 0) is 17.5 Å². The summed E-state index contributed by atoms with van der Waals surface area (Å²) in [4.78, 5) is 33.4. The standard InChI is InChI=1S/C23H26F3N5O2/c24-23(25,26)19-5-3-18(4-6-19)20(32)28-10-13-30-11-7-22(8-12-30)21(33)29-16-31(22)15-17-2-1-9-27-14-17/h1-6,9,14H,7-8,10-13,15-16H2,(H,28,32)(H,29,33). The number of pyridine rings is 1. The summed E-state index contributed by atoms with van der Waals surface area (Å²) in [5.74, 6) is -0.350. The molecule has 2 fully saturated rings. The van der Waals surface area contributed by atoms with E-state index in [1.165, 1.54) is 12.1 Å². The number of carbonyl (C=O) groups excluding carboxylic acids is 2. The summed E-state index contributed by atoms with van der Waals surface area (Å²) in [6.45, 7) is 3.57. The topological polar surface area (TPSA) is 77.6 Å². The van der Waals surface area contributed by atoms with Crippen molar-refractivity contribution < 1.29 is 22.8 Å². The minimum Gasteiger partial charge on any atom is -0.351 e. The van der Waals surface area contributed by atoms with E-state index in [0.29, 0.717) is 52.2 Å². The van der Waals surface area contributed by atoms with E-state index < -0.39 is 23.2 Å². The van der Waals surface area contributed by atoms with Crippen LogP contribution in [0.15, 0.2) is 48.8 Å². The number of alkyl halides is 3. The molecular weight excluding hydrogens is 435 g/mol. The van der Waals surface area contributed by atoms with Gasteiger partial charge in [-0.05, 0) is 48.7 Å². The number of rotatable bonds is 6. The molecule has 1 aromatic heterocycles.